The van der Waals surface area contributed by atoms with E-state index in [1.807, 2.05) is 12.1 Å². The first kappa shape index (κ1) is 23.0. The lowest BCUT2D eigenvalue weighted by atomic mass is 9.86. The predicted octanol–water partition coefficient (Wildman–Crippen LogP) is 5.27. The molecule has 2 aliphatic rings. The molecule has 0 bridgehead atoms. The van der Waals surface area contributed by atoms with Crippen LogP contribution in [0.25, 0.3) is 0 Å². The Morgan fingerprint density at radius 3 is 2.66 bits per heavy atom. The van der Waals surface area contributed by atoms with Crippen molar-refractivity contribution in [3.05, 3.63) is 77.7 Å². The molecule has 2 heterocycles. The average molecular weight is 475 g/mol. The molecule has 1 saturated carbocycles. The van der Waals surface area contributed by atoms with Crippen LogP contribution < -0.4 is 15.5 Å². The van der Waals surface area contributed by atoms with Crippen LogP contribution in [0.15, 0.2) is 60.8 Å². The zero-order chi connectivity index (χ0) is 24.4. The number of ether oxygens (including phenoxy) is 1. The molecule has 0 atom stereocenters. The standard InChI is InChI=1S/C27H27FN4O3/c1-35-20-11-8-17(9-12-20)27(34)32-16-19-5-4-14-29-25(19)30-23-13-10-18(15-24(23)32)26(33)31-22-7-3-2-6-21(22)28/h2-7,10,13-15,17,20H,8-9,11-12,16H2,1H3,(H,29,30)(H,31,33). The van der Waals surface area contributed by atoms with E-state index >= 15 is 0 Å². The number of hydrogen-bond acceptors (Lipinski definition) is 5. The molecule has 0 saturated heterocycles. The number of benzene rings is 2. The van der Waals surface area contributed by atoms with Gasteiger partial charge in [0.2, 0.25) is 5.91 Å². The number of nitrogens with zero attached hydrogens (tertiary/aromatic N) is 2. The molecule has 1 aliphatic heterocycles. The summed E-state index contributed by atoms with van der Waals surface area (Å²) in [5, 5.41) is 5.94. The molecule has 1 aromatic heterocycles. The van der Waals surface area contributed by atoms with Crippen LogP contribution in [0.2, 0.25) is 0 Å². The van der Waals surface area contributed by atoms with Crippen molar-refractivity contribution in [1.29, 1.82) is 0 Å². The van der Waals surface area contributed by atoms with Crippen LogP contribution >= 0.6 is 0 Å². The van der Waals surface area contributed by atoms with Gasteiger partial charge in [0.1, 0.15) is 11.6 Å². The number of para-hydroxylation sites is 1. The van der Waals surface area contributed by atoms with E-state index in [1.165, 1.54) is 12.1 Å². The highest BCUT2D eigenvalue weighted by Crippen LogP contribution is 2.38. The maximum atomic E-state index is 14.1. The molecule has 1 aliphatic carbocycles. The predicted molar refractivity (Wildman–Crippen MR) is 132 cm³/mol. The lowest BCUT2D eigenvalue weighted by Gasteiger charge is -2.32. The summed E-state index contributed by atoms with van der Waals surface area (Å²) >= 11 is 0. The van der Waals surface area contributed by atoms with E-state index in [0.29, 0.717) is 29.3 Å². The second-order valence-corrected chi connectivity index (χ2v) is 8.94. The quantitative estimate of drug-likeness (QED) is 0.538. The number of aromatic nitrogens is 1. The topological polar surface area (TPSA) is 83.6 Å². The molecule has 2 aromatic carbocycles. The second kappa shape index (κ2) is 9.84. The number of amides is 2. The van der Waals surface area contributed by atoms with E-state index in [-0.39, 0.29) is 23.6 Å². The SMILES string of the molecule is COC1CCC(C(=O)N2Cc3cccnc3Nc3ccc(C(=O)Nc4ccccc4F)cc32)CC1. The van der Waals surface area contributed by atoms with Gasteiger partial charge in [0, 0.05) is 30.4 Å². The summed E-state index contributed by atoms with van der Waals surface area (Å²) in [5.41, 5.74) is 2.60. The Hall–Kier alpha value is -3.78. The molecule has 2 amide bonds. The van der Waals surface area contributed by atoms with Gasteiger partial charge in [0.15, 0.2) is 0 Å². The Balaban J connectivity index is 1.48. The fourth-order valence-electron chi connectivity index (χ4n) is 4.78. The van der Waals surface area contributed by atoms with Crippen LogP contribution in [0.3, 0.4) is 0 Å². The van der Waals surface area contributed by atoms with Crippen LogP contribution in [-0.2, 0) is 16.1 Å². The monoisotopic (exact) mass is 474 g/mol. The van der Waals surface area contributed by atoms with Gasteiger partial charge in [-0.05, 0) is 62.1 Å². The number of hydrogen-bond donors (Lipinski definition) is 2. The first-order valence-corrected chi connectivity index (χ1v) is 11.8. The highest BCUT2D eigenvalue weighted by atomic mass is 19.1. The van der Waals surface area contributed by atoms with Crippen LogP contribution in [-0.4, -0.2) is 30.0 Å². The lowest BCUT2D eigenvalue weighted by Crippen LogP contribution is -2.38. The second-order valence-electron chi connectivity index (χ2n) is 8.94. The van der Waals surface area contributed by atoms with Crippen LogP contribution in [0.5, 0.6) is 0 Å². The fourth-order valence-corrected chi connectivity index (χ4v) is 4.78. The van der Waals surface area contributed by atoms with Crippen LogP contribution in [0.4, 0.5) is 27.3 Å². The number of pyridine rings is 1. The van der Waals surface area contributed by atoms with Crippen LogP contribution in [0, 0.1) is 11.7 Å². The Labute approximate surface area is 203 Å². The third kappa shape index (κ3) is 4.74. The first-order valence-electron chi connectivity index (χ1n) is 11.8. The van der Waals surface area contributed by atoms with Crippen molar-refractivity contribution in [2.24, 2.45) is 5.92 Å². The molecule has 7 nitrogen and oxygen atoms in total. The summed E-state index contributed by atoms with van der Waals surface area (Å²) in [6.45, 7) is 0.338. The molecule has 0 radical (unpaired) electrons. The minimum absolute atomic E-state index is 0.0194. The Morgan fingerprint density at radius 2 is 1.89 bits per heavy atom. The smallest absolute Gasteiger partial charge is 0.255 e. The molecule has 1 fully saturated rings. The zero-order valence-corrected chi connectivity index (χ0v) is 19.5. The normalized spacial score (nSPS) is 19.1. The van der Waals surface area contributed by atoms with Gasteiger partial charge in [-0.2, -0.15) is 0 Å². The number of carbonyl (C=O) groups excluding carboxylic acids is 2. The molecule has 5 rings (SSSR count). The highest BCUT2D eigenvalue weighted by Gasteiger charge is 2.33. The van der Waals surface area contributed by atoms with E-state index in [4.69, 9.17) is 4.74 Å². The number of anilines is 4. The van der Waals surface area contributed by atoms with Gasteiger partial charge >= 0.3 is 0 Å². The number of rotatable bonds is 4. The van der Waals surface area contributed by atoms with Crippen molar-refractivity contribution in [3.63, 3.8) is 0 Å². The summed E-state index contributed by atoms with van der Waals surface area (Å²) in [7, 11) is 1.71. The van der Waals surface area contributed by atoms with Crippen molar-refractivity contribution in [2.45, 2.75) is 38.3 Å². The lowest BCUT2D eigenvalue weighted by molar-refractivity contribution is -0.124. The van der Waals surface area contributed by atoms with E-state index in [0.717, 1.165) is 31.2 Å². The summed E-state index contributed by atoms with van der Waals surface area (Å²) in [4.78, 5) is 32.9. The maximum Gasteiger partial charge on any atom is 0.255 e. The van der Waals surface area contributed by atoms with Crippen molar-refractivity contribution in [2.75, 3.05) is 22.6 Å². The van der Waals surface area contributed by atoms with E-state index in [1.54, 1.807) is 48.5 Å². The molecule has 8 heteroatoms. The molecule has 0 unspecified atom stereocenters. The minimum atomic E-state index is -0.512. The van der Waals surface area contributed by atoms with Gasteiger partial charge in [-0.25, -0.2) is 9.37 Å². The Bertz CT molecular complexity index is 1260. The van der Waals surface area contributed by atoms with Gasteiger partial charge < -0.3 is 20.3 Å². The van der Waals surface area contributed by atoms with Crippen molar-refractivity contribution in [1.82, 2.24) is 4.98 Å². The molecule has 35 heavy (non-hydrogen) atoms. The largest absolute Gasteiger partial charge is 0.381 e. The fraction of sp³-hybridized carbons (Fsp3) is 0.296. The van der Waals surface area contributed by atoms with Gasteiger partial charge in [-0.1, -0.05) is 18.2 Å². The van der Waals surface area contributed by atoms with Crippen molar-refractivity contribution >= 4 is 34.7 Å². The summed E-state index contributed by atoms with van der Waals surface area (Å²) in [6.07, 6.45) is 5.08. The number of methoxy groups -OCH3 is 1. The third-order valence-corrected chi connectivity index (χ3v) is 6.77. The van der Waals surface area contributed by atoms with E-state index in [9.17, 15) is 14.0 Å². The zero-order valence-electron chi connectivity index (χ0n) is 19.5. The molecule has 2 N–H and O–H groups in total. The van der Waals surface area contributed by atoms with Gasteiger partial charge in [-0.3, -0.25) is 9.59 Å². The summed E-state index contributed by atoms with van der Waals surface area (Å²) in [5.74, 6) is -0.391. The maximum absolute atomic E-state index is 14.1. The Morgan fingerprint density at radius 1 is 1.09 bits per heavy atom. The number of nitrogens with one attached hydrogen (secondary N) is 2. The average Bonchev–Trinajstić information content (AvgIpc) is 3.06. The number of halogens is 1. The number of fused-ring (bicyclic) bond motifs is 2. The van der Waals surface area contributed by atoms with Crippen molar-refractivity contribution < 1.29 is 18.7 Å². The summed E-state index contributed by atoms with van der Waals surface area (Å²) < 4.78 is 19.6. The molecule has 0 spiro atoms. The summed E-state index contributed by atoms with van der Waals surface area (Å²) in [6, 6.07) is 14.9. The van der Waals surface area contributed by atoms with E-state index in [2.05, 4.69) is 15.6 Å². The van der Waals surface area contributed by atoms with Gasteiger partial charge in [0.25, 0.3) is 5.91 Å². The Kier molecular flexibility index (Phi) is 6.46. The van der Waals surface area contributed by atoms with Crippen molar-refractivity contribution in [3.8, 4) is 0 Å². The molecular formula is C27H27FN4O3. The van der Waals surface area contributed by atoms with Gasteiger partial charge in [0.05, 0.1) is 29.7 Å². The molecule has 3 aromatic rings. The molecular weight excluding hydrogens is 447 g/mol. The third-order valence-electron chi connectivity index (χ3n) is 6.77. The van der Waals surface area contributed by atoms with Gasteiger partial charge in [-0.15, -0.1) is 0 Å². The molecule has 180 valence electrons. The van der Waals surface area contributed by atoms with Crippen LogP contribution in [0.1, 0.15) is 41.6 Å². The highest BCUT2D eigenvalue weighted by molar-refractivity contribution is 6.07. The number of carbonyl (C=O) groups is 2. The first-order chi connectivity index (χ1) is 17.0. The van der Waals surface area contributed by atoms with E-state index < -0.39 is 11.7 Å². The minimum Gasteiger partial charge on any atom is -0.381 e.